The maximum absolute atomic E-state index is 11.0. The first-order valence-electron chi connectivity index (χ1n) is 4.91. The van der Waals surface area contributed by atoms with Crippen LogP contribution in [0.3, 0.4) is 0 Å². The Morgan fingerprint density at radius 1 is 1.80 bits per heavy atom. The highest BCUT2D eigenvalue weighted by molar-refractivity contribution is 7.10. The molecule has 82 valence electrons. The third-order valence-corrected chi connectivity index (χ3v) is 3.51. The molecule has 0 spiro atoms. The Balaban J connectivity index is 2.28. The highest BCUT2D eigenvalue weighted by atomic mass is 32.1. The van der Waals surface area contributed by atoms with Crippen LogP contribution in [0.5, 0.6) is 0 Å². The van der Waals surface area contributed by atoms with Crippen molar-refractivity contribution in [2.24, 2.45) is 0 Å². The summed E-state index contributed by atoms with van der Waals surface area (Å²) in [6.07, 6.45) is -0.452. The van der Waals surface area contributed by atoms with E-state index >= 15 is 0 Å². The molecule has 15 heavy (non-hydrogen) atoms. The highest BCUT2D eigenvalue weighted by Gasteiger charge is 2.29. The lowest BCUT2D eigenvalue weighted by atomic mass is 10.1. The Morgan fingerprint density at radius 2 is 2.60 bits per heavy atom. The number of fused-ring (bicyclic) bond motifs is 1. The summed E-state index contributed by atoms with van der Waals surface area (Å²) in [4.78, 5) is 13.4. The minimum absolute atomic E-state index is 0.406. The molecule has 1 aromatic rings. The molecule has 0 aliphatic carbocycles. The van der Waals surface area contributed by atoms with Crippen LogP contribution in [0.25, 0.3) is 0 Å². The Kier molecular flexibility index (Phi) is 2.93. The van der Waals surface area contributed by atoms with Gasteiger partial charge in [-0.2, -0.15) is 0 Å². The predicted molar refractivity (Wildman–Crippen MR) is 57.1 cm³/mol. The van der Waals surface area contributed by atoms with E-state index < -0.39 is 12.3 Å². The van der Waals surface area contributed by atoms with Gasteiger partial charge in [-0.05, 0) is 30.4 Å². The molecule has 0 unspecified atom stereocenters. The molecule has 1 aromatic heterocycles. The fourth-order valence-corrected chi connectivity index (χ4v) is 2.77. The summed E-state index contributed by atoms with van der Waals surface area (Å²) in [7, 11) is 0. The third-order valence-electron chi connectivity index (χ3n) is 2.52. The Labute approximate surface area is 92.1 Å². The Hall–Kier alpha value is -1.07. The van der Waals surface area contributed by atoms with Crippen molar-refractivity contribution in [3.8, 4) is 0 Å². The van der Waals surface area contributed by atoms with E-state index in [4.69, 9.17) is 9.84 Å². The SMILES string of the molecule is CCN(C(=O)O)[C@H]1OCCc2ccsc21. The van der Waals surface area contributed by atoms with Crippen LogP contribution in [-0.2, 0) is 11.2 Å². The van der Waals surface area contributed by atoms with Gasteiger partial charge in [0.25, 0.3) is 0 Å². The van der Waals surface area contributed by atoms with Crippen molar-refractivity contribution in [3.63, 3.8) is 0 Å². The molecule has 1 N–H and O–H groups in total. The minimum atomic E-state index is -0.927. The lowest BCUT2D eigenvalue weighted by Crippen LogP contribution is -2.36. The van der Waals surface area contributed by atoms with Gasteiger partial charge in [0.15, 0.2) is 6.23 Å². The number of amides is 1. The average molecular weight is 227 g/mol. The lowest BCUT2D eigenvalue weighted by Gasteiger charge is -2.31. The first kappa shape index (κ1) is 10.4. The number of hydrogen-bond donors (Lipinski definition) is 1. The zero-order valence-electron chi connectivity index (χ0n) is 8.47. The standard InChI is InChI=1S/C10H13NO3S/c1-2-11(10(12)13)9-8-7(3-5-14-9)4-6-15-8/h4,6,9H,2-3,5H2,1H3,(H,12,13)/t9-/m0/s1. The maximum atomic E-state index is 11.0. The van der Waals surface area contributed by atoms with Crippen molar-refractivity contribution in [1.29, 1.82) is 0 Å². The van der Waals surface area contributed by atoms with E-state index in [2.05, 4.69) is 0 Å². The molecule has 1 aliphatic heterocycles. The van der Waals surface area contributed by atoms with Crippen molar-refractivity contribution in [2.75, 3.05) is 13.2 Å². The van der Waals surface area contributed by atoms with Crippen molar-refractivity contribution < 1.29 is 14.6 Å². The van der Waals surface area contributed by atoms with Crippen molar-refractivity contribution in [1.82, 2.24) is 4.90 Å². The molecule has 0 saturated heterocycles. The molecule has 4 nitrogen and oxygen atoms in total. The van der Waals surface area contributed by atoms with Gasteiger partial charge in [0.2, 0.25) is 0 Å². The fraction of sp³-hybridized carbons (Fsp3) is 0.500. The van der Waals surface area contributed by atoms with Gasteiger partial charge in [0, 0.05) is 6.54 Å². The van der Waals surface area contributed by atoms with Crippen LogP contribution in [0.4, 0.5) is 4.79 Å². The molecule has 1 aliphatic rings. The van der Waals surface area contributed by atoms with E-state index in [1.54, 1.807) is 11.3 Å². The molecule has 5 heteroatoms. The van der Waals surface area contributed by atoms with Crippen LogP contribution in [0.15, 0.2) is 11.4 Å². The van der Waals surface area contributed by atoms with E-state index in [1.807, 2.05) is 18.4 Å². The predicted octanol–water partition coefficient (Wildman–Crippen LogP) is 2.32. The maximum Gasteiger partial charge on any atom is 0.409 e. The van der Waals surface area contributed by atoms with Crippen LogP contribution in [-0.4, -0.2) is 29.3 Å². The van der Waals surface area contributed by atoms with Gasteiger partial charge in [0.1, 0.15) is 0 Å². The summed E-state index contributed by atoms with van der Waals surface area (Å²) in [5, 5.41) is 11.0. The van der Waals surface area contributed by atoms with Crippen molar-refractivity contribution in [2.45, 2.75) is 19.6 Å². The van der Waals surface area contributed by atoms with Gasteiger partial charge in [-0.1, -0.05) is 0 Å². The van der Waals surface area contributed by atoms with E-state index in [-0.39, 0.29) is 0 Å². The fourth-order valence-electron chi connectivity index (χ4n) is 1.76. The summed E-state index contributed by atoms with van der Waals surface area (Å²) < 4.78 is 5.53. The molecular weight excluding hydrogens is 214 g/mol. The minimum Gasteiger partial charge on any atom is -0.465 e. The number of nitrogens with zero attached hydrogens (tertiary/aromatic N) is 1. The normalized spacial score (nSPS) is 19.7. The van der Waals surface area contributed by atoms with E-state index in [0.717, 1.165) is 11.3 Å². The van der Waals surface area contributed by atoms with Crippen LogP contribution in [0.2, 0.25) is 0 Å². The van der Waals surface area contributed by atoms with Gasteiger partial charge in [0.05, 0.1) is 11.5 Å². The molecule has 0 bridgehead atoms. The van der Waals surface area contributed by atoms with Crippen LogP contribution < -0.4 is 0 Å². The number of carboxylic acid groups (broad SMARTS) is 1. The number of rotatable bonds is 2. The Bertz CT molecular complexity index is 363. The zero-order chi connectivity index (χ0) is 10.8. The van der Waals surface area contributed by atoms with Gasteiger partial charge in [-0.25, -0.2) is 4.79 Å². The molecule has 0 fully saturated rings. The summed E-state index contributed by atoms with van der Waals surface area (Å²) in [5.74, 6) is 0. The average Bonchev–Trinajstić information content (AvgIpc) is 2.66. The molecule has 0 aromatic carbocycles. The van der Waals surface area contributed by atoms with Gasteiger partial charge < -0.3 is 9.84 Å². The van der Waals surface area contributed by atoms with Crippen LogP contribution in [0.1, 0.15) is 23.6 Å². The first-order chi connectivity index (χ1) is 7.24. The molecular formula is C10H13NO3S. The Morgan fingerprint density at radius 3 is 3.27 bits per heavy atom. The molecule has 0 radical (unpaired) electrons. The molecule has 2 heterocycles. The third kappa shape index (κ3) is 1.85. The molecule has 2 rings (SSSR count). The number of thiophene rings is 1. The van der Waals surface area contributed by atoms with Gasteiger partial charge in [-0.15, -0.1) is 11.3 Å². The van der Waals surface area contributed by atoms with Crippen molar-refractivity contribution >= 4 is 17.4 Å². The second kappa shape index (κ2) is 4.20. The smallest absolute Gasteiger partial charge is 0.409 e. The van der Waals surface area contributed by atoms with Crippen molar-refractivity contribution in [3.05, 3.63) is 21.9 Å². The lowest BCUT2D eigenvalue weighted by molar-refractivity contribution is -0.0534. The van der Waals surface area contributed by atoms with Crippen LogP contribution >= 0.6 is 11.3 Å². The summed E-state index contributed by atoms with van der Waals surface area (Å²) >= 11 is 1.56. The quantitative estimate of drug-likeness (QED) is 0.843. The molecule has 1 amide bonds. The monoisotopic (exact) mass is 227 g/mol. The van der Waals surface area contributed by atoms with Gasteiger partial charge in [-0.3, -0.25) is 4.90 Å². The highest BCUT2D eigenvalue weighted by Crippen LogP contribution is 2.33. The van der Waals surface area contributed by atoms with E-state index in [0.29, 0.717) is 13.2 Å². The zero-order valence-corrected chi connectivity index (χ0v) is 9.29. The van der Waals surface area contributed by atoms with E-state index in [1.165, 1.54) is 10.5 Å². The van der Waals surface area contributed by atoms with Gasteiger partial charge >= 0.3 is 6.09 Å². The summed E-state index contributed by atoms with van der Waals surface area (Å²) in [6.45, 7) is 2.86. The summed E-state index contributed by atoms with van der Waals surface area (Å²) in [5.41, 5.74) is 1.22. The molecule has 1 atom stereocenters. The number of hydrogen-bond acceptors (Lipinski definition) is 3. The molecule has 0 saturated carbocycles. The number of ether oxygens (including phenoxy) is 1. The number of carbonyl (C=O) groups is 1. The topological polar surface area (TPSA) is 49.8 Å². The first-order valence-corrected chi connectivity index (χ1v) is 5.79. The van der Waals surface area contributed by atoms with Crippen LogP contribution in [0, 0.1) is 0 Å². The van der Waals surface area contributed by atoms with E-state index in [9.17, 15) is 4.79 Å². The second-order valence-electron chi connectivity index (χ2n) is 3.35. The largest absolute Gasteiger partial charge is 0.465 e. The summed E-state index contributed by atoms with van der Waals surface area (Å²) in [6, 6.07) is 2.05. The second-order valence-corrected chi connectivity index (χ2v) is 4.30.